The lowest BCUT2D eigenvalue weighted by molar-refractivity contribution is -0.189. The molecule has 110 valence electrons. The van der Waals surface area contributed by atoms with Crippen LogP contribution < -0.4 is 5.32 Å². The molecule has 1 aromatic rings. The van der Waals surface area contributed by atoms with Crippen molar-refractivity contribution in [2.45, 2.75) is 51.9 Å². The first kappa shape index (κ1) is 14.9. The molecule has 1 heterocycles. The van der Waals surface area contributed by atoms with Gasteiger partial charge in [0.05, 0.1) is 17.9 Å². The number of fused-ring (bicyclic) bond motifs is 1. The molecule has 0 aromatic heterocycles. The normalized spacial score (nSPS) is 21.0. The lowest BCUT2D eigenvalue weighted by Crippen LogP contribution is -2.48. The van der Waals surface area contributed by atoms with Crippen LogP contribution in [0.1, 0.15) is 56.3 Å². The summed E-state index contributed by atoms with van der Waals surface area (Å²) in [5, 5.41) is 3.22. The van der Waals surface area contributed by atoms with Crippen molar-refractivity contribution in [2.24, 2.45) is 0 Å². The molecule has 0 radical (unpaired) electrons. The van der Waals surface area contributed by atoms with Gasteiger partial charge in [-0.2, -0.15) is 0 Å². The summed E-state index contributed by atoms with van der Waals surface area (Å²) in [5.74, 6) is -1.34. The molecule has 2 rings (SSSR count). The first-order chi connectivity index (χ1) is 9.71. The number of cyclic esters (lactones) is 1. The zero-order valence-corrected chi connectivity index (χ0v) is 12.3. The van der Waals surface area contributed by atoms with Crippen molar-refractivity contribution in [1.82, 2.24) is 0 Å². The highest BCUT2D eigenvalue weighted by Gasteiger charge is 2.39. The van der Waals surface area contributed by atoms with E-state index in [1.165, 1.54) is 12.8 Å². The predicted octanol–water partition coefficient (Wildman–Crippen LogP) is 3.93. The second-order valence-corrected chi connectivity index (χ2v) is 5.08. The van der Waals surface area contributed by atoms with Crippen molar-refractivity contribution in [3.8, 4) is 0 Å². The molecule has 0 bridgehead atoms. The van der Waals surface area contributed by atoms with Crippen molar-refractivity contribution < 1.29 is 14.3 Å². The zero-order valence-electron chi connectivity index (χ0n) is 12.3. The summed E-state index contributed by atoms with van der Waals surface area (Å²) in [6.45, 7) is 4.71. The van der Waals surface area contributed by atoms with Gasteiger partial charge in [-0.15, -0.1) is 0 Å². The van der Waals surface area contributed by atoms with Crippen molar-refractivity contribution >= 4 is 11.7 Å². The van der Waals surface area contributed by atoms with Crippen LogP contribution in [-0.2, 0) is 9.47 Å². The molecule has 1 N–H and O–H groups in total. The first-order valence-corrected chi connectivity index (χ1v) is 7.45. The monoisotopic (exact) mass is 277 g/mol. The van der Waals surface area contributed by atoms with Crippen LogP contribution in [0.5, 0.6) is 0 Å². The maximum absolute atomic E-state index is 12.1. The van der Waals surface area contributed by atoms with Gasteiger partial charge < -0.3 is 14.8 Å². The number of hydrogen-bond donors (Lipinski definition) is 1. The van der Waals surface area contributed by atoms with E-state index in [1.54, 1.807) is 6.07 Å². The maximum atomic E-state index is 12.1. The van der Waals surface area contributed by atoms with E-state index in [-0.39, 0.29) is 5.97 Å². The van der Waals surface area contributed by atoms with E-state index in [1.807, 2.05) is 25.1 Å². The molecule has 4 nitrogen and oxygen atoms in total. The number of esters is 1. The molecule has 1 unspecified atom stereocenters. The Bertz CT molecular complexity index is 461. The van der Waals surface area contributed by atoms with Gasteiger partial charge >= 0.3 is 5.97 Å². The third-order valence-electron chi connectivity index (χ3n) is 3.53. The molecule has 1 atom stereocenters. The summed E-state index contributed by atoms with van der Waals surface area (Å²) in [4.78, 5) is 12.1. The van der Waals surface area contributed by atoms with Crippen LogP contribution >= 0.6 is 0 Å². The molecule has 0 fully saturated rings. The van der Waals surface area contributed by atoms with E-state index in [0.29, 0.717) is 18.6 Å². The highest BCUT2D eigenvalue weighted by atomic mass is 16.7. The third-order valence-corrected chi connectivity index (χ3v) is 3.53. The van der Waals surface area contributed by atoms with E-state index in [9.17, 15) is 4.79 Å². The van der Waals surface area contributed by atoms with Crippen LogP contribution in [0.25, 0.3) is 0 Å². The lowest BCUT2D eigenvalue weighted by Gasteiger charge is -2.37. The number of unbranched alkanes of at least 4 members (excludes halogenated alkanes) is 3. The molecular weight excluding hydrogens is 254 g/mol. The van der Waals surface area contributed by atoms with Crippen LogP contribution in [-0.4, -0.2) is 18.5 Å². The van der Waals surface area contributed by atoms with Gasteiger partial charge in [-0.1, -0.05) is 45.2 Å². The molecule has 0 spiro atoms. The number of carbonyl (C=O) groups is 1. The van der Waals surface area contributed by atoms with Gasteiger partial charge in [-0.3, -0.25) is 0 Å². The Morgan fingerprint density at radius 3 is 2.75 bits per heavy atom. The number of ether oxygens (including phenoxy) is 2. The fourth-order valence-corrected chi connectivity index (χ4v) is 2.30. The molecule has 0 aliphatic carbocycles. The number of carbonyl (C=O) groups excluding carboxylic acids is 1. The Morgan fingerprint density at radius 2 is 2.00 bits per heavy atom. The largest absolute Gasteiger partial charge is 0.410 e. The minimum Gasteiger partial charge on any atom is -0.410 e. The van der Waals surface area contributed by atoms with Gasteiger partial charge in [-0.05, 0) is 18.6 Å². The highest BCUT2D eigenvalue weighted by Crippen LogP contribution is 2.31. The summed E-state index contributed by atoms with van der Waals surface area (Å²) in [7, 11) is 0. The lowest BCUT2D eigenvalue weighted by atomic mass is 10.1. The highest BCUT2D eigenvalue weighted by molar-refractivity contribution is 5.97. The standard InChI is InChI=1S/C16H23NO3/c1-3-5-6-9-12-19-16(4-2)17-14-11-8-7-10-13(14)15(18)20-16/h7-8,10-11,17H,3-6,9,12H2,1-2H3. The second kappa shape index (κ2) is 6.75. The average Bonchev–Trinajstić information content (AvgIpc) is 2.47. The molecule has 0 saturated heterocycles. The van der Waals surface area contributed by atoms with E-state index in [0.717, 1.165) is 18.5 Å². The molecule has 20 heavy (non-hydrogen) atoms. The maximum Gasteiger partial charge on any atom is 0.344 e. The summed E-state index contributed by atoms with van der Waals surface area (Å²) >= 11 is 0. The van der Waals surface area contributed by atoms with Crippen molar-refractivity contribution in [3.63, 3.8) is 0 Å². The molecular formula is C16H23NO3. The number of nitrogens with one attached hydrogen (secondary N) is 1. The fraction of sp³-hybridized carbons (Fsp3) is 0.562. The van der Waals surface area contributed by atoms with Crippen LogP contribution in [0.2, 0.25) is 0 Å². The minimum absolute atomic E-state index is 0.324. The van der Waals surface area contributed by atoms with Gasteiger partial charge in [0.2, 0.25) is 0 Å². The van der Waals surface area contributed by atoms with Crippen LogP contribution in [0.3, 0.4) is 0 Å². The summed E-state index contributed by atoms with van der Waals surface area (Å²) < 4.78 is 11.3. The van der Waals surface area contributed by atoms with E-state index in [4.69, 9.17) is 9.47 Å². The number of rotatable bonds is 7. The minimum atomic E-state index is -1.02. The van der Waals surface area contributed by atoms with E-state index in [2.05, 4.69) is 12.2 Å². The molecule has 1 aliphatic rings. The average molecular weight is 277 g/mol. The predicted molar refractivity (Wildman–Crippen MR) is 78.6 cm³/mol. The quantitative estimate of drug-likeness (QED) is 0.606. The Morgan fingerprint density at radius 1 is 1.20 bits per heavy atom. The number of anilines is 1. The third kappa shape index (κ3) is 3.31. The number of benzene rings is 1. The topological polar surface area (TPSA) is 47.6 Å². The Labute approximate surface area is 120 Å². The van der Waals surface area contributed by atoms with E-state index >= 15 is 0 Å². The van der Waals surface area contributed by atoms with Gasteiger partial charge in [0.15, 0.2) is 0 Å². The summed E-state index contributed by atoms with van der Waals surface area (Å²) in [6, 6.07) is 7.35. The summed E-state index contributed by atoms with van der Waals surface area (Å²) in [6.07, 6.45) is 5.09. The van der Waals surface area contributed by atoms with Crippen LogP contribution in [0.4, 0.5) is 5.69 Å². The van der Waals surface area contributed by atoms with E-state index < -0.39 is 5.91 Å². The van der Waals surface area contributed by atoms with Gasteiger partial charge in [0.25, 0.3) is 5.91 Å². The van der Waals surface area contributed by atoms with Crippen molar-refractivity contribution in [2.75, 3.05) is 11.9 Å². The summed E-state index contributed by atoms with van der Waals surface area (Å²) in [5.41, 5.74) is 1.34. The second-order valence-electron chi connectivity index (χ2n) is 5.08. The SMILES string of the molecule is CCCCCCOC1(CC)Nc2ccccc2C(=O)O1. The van der Waals surface area contributed by atoms with Crippen molar-refractivity contribution in [3.05, 3.63) is 29.8 Å². The van der Waals surface area contributed by atoms with Crippen LogP contribution in [0.15, 0.2) is 24.3 Å². The smallest absolute Gasteiger partial charge is 0.344 e. The molecule has 4 heteroatoms. The zero-order chi connectivity index (χ0) is 14.4. The fourth-order valence-electron chi connectivity index (χ4n) is 2.30. The molecule has 1 aliphatic heterocycles. The van der Waals surface area contributed by atoms with Gasteiger partial charge in [0, 0.05) is 6.42 Å². The van der Waals surface area contributed by atoms with Crippen LogP contribution in [0, 0.1) is 0 Å². The van der Waals surface area contributed by atoms with Crippen molar-refractivity contribution in [1.29, 1.82) is 0 Å². The van der Waals surface area contributed by atoms with Gasteiger partial charge in [0.1, 0.15) is 0 Å². The molecule has 0 amide bonds. The Hall–Kier alpha value is -1.55. The Kier molecular flexibility index (Phi) is 5.01. The molecule has 0 saturated carbocycles. The number of para-hydroxylation sites is 1. The Balaban J connectivity index is 2.00. The number of hydrogen-bond acceptors (Lipinski definition) is 4. The van der Waals surface area contributed by atoms with Gasteiger partial charge in [-0.25, -0.2) is 4.79 Å². The first-order valence-electron chi connectivity index (χ1n) is 7.45. The molecule has 1 aromatic carbocycles.